The summed E-state index contributed by atoms with van der Waals surface area (Å²) in [6, 6.07) is 6.56. The summed E-state index contributed by atoms with van der Waals surface area (Å²) < 4.78 is 20.1. The van der Waals surface area contributed by atoms with Gasteiger partial charge in [0.05, 0.1) is 25.4 Å². The molecule has 3 aromatic rings. The summed E-state index contributed by atoms with van der Waals surface area (Å²) in [6.45, 7) is 2.32. The van der Waals surface area contributed by atoms with Crippen molar-refractivity contribution in [1.82, 2.24) is 9.55 Å². The van der Waals surface area contributed by atoms with Gasteiger partial charge in [-0.15, -0.1) is 11.3 Å². The predicted octanol–water partition coefficient (Wildman–Crippen LogP) is 3.22. The van der Waals surface area contributed by atoms with E-state index in [0.717, 1.165) is 16.1 Å². The molecule has 4 nitrogen and oxygen atoms in total. The molecule has 0 spiro atoms. The molecular formula is C16H15FN2O2S. The van der Waals surface area contributed by atoms with Gasteiger partial charge in [-0.3, -0.25) is 9.36 Å². The number of nitrogens with zero attached hydrogens (tertiary/aromatic N) is 2. The van der Waals surface area contributed by atoms with Crippen LogP contribution in [0.25, 0.3) is 10.2 Å². The predicted molar refractivity (Wildman–Crippen MR) is 85.3 cm³/mol. The minimum Gasteiger partial charge on any atom is -0.494 e. The number of hydrogen-bond acceptors (Lipinski definition) is 4. The number of ether oxygens (including phenoxy) is 1. The molecular weight excluding hydrogens is 303 g/mol. The van der Waals surface area contributed by atoms with Gasteiger partial charge in [-0.25, -0.2) is 9.37 Å². The first-order chi connectivity index (χ1) is 10.6. The van der Waals surface area contributed by atoms with Crippen molar-refractivity contribution in [2.24, 2.45) is 0 Å². The Labute approximate surface area is 130 Å². The molecule has 2 aromatic heterocycles. The van der Waals surface area contributed by atoms with Crippen LogP contribution in [0, 0.1) is 5.82 Å². The van der Waals surface area contributed by atoms with Crippen LogP contribution in [0.3, 0.4) is 0 Å². The molecule has 0 fully saturated rings. The maximum Gasteiger partial charge on any atom is 0.262 e. The van der Waals surface area contributed by atoms with Gasteiger partial charge < -0.3 is 4.74 Å². The van der Waals surface area contributed by atoms with E-state index >= 15 is 0 Å². The molecule has 0 bridgehead atoms. The second kappa shape index (κ2) is 5.88. The van der Waals surface area contributed by atoms with Crippen LogP contribution < -0.4 is 10.3 Å². The molecule has 0 unspecified atom stereocenters. The largest absolute Gasteiger partial charge is 0.494 e. The minimum atomic E-state index is -0.439. The minimum absolute atomic E-state index is 0.0998. The van der Waals surface area contributed by atoms with Crippen molar-refractivity contribution in [3.05, 3.63) is 57.2 Å². The van der Waals surface area contributed by atoms with Gasteiger partial charge in [0, 0.05) is 4.88 Å². The number of rotatable bonds is 4. The zero-order valence-corrected chi connectivity index (χ0v) is 13.1. The summed E-state index contributed by atoms with van der Waals surface area (Å²) in [5, 5.41) is 0.623. The van der Waals surface area contributed by atoms with Crippen LogP contribution in [0.2, 0.25) is 0 Å². The van der Waals surface area contributed by atoms with Crippen LogP contribution in [-0.4, -0.2) is 16.7 Å². The maximum atomic E-state index is 13.7. The summed E-state index contributed by atoms with van der Waals surface area (Å²) in [7, 11) is 1.42. The third-order valence-corrected chi connectivity index (χ3v) is 4.67. The molecule has 114 valence electrons. The van der Waals surface area contributed by atoms with Crippen LogP contribution in [0.4, 0.5) is 4.39 Å². The SMILES string of the molecule is CCc1cc2c(=O)n(Cc3ccc(OC)c(F)c3)cnc2s1. The number of halogens is 1. The molecule has 22 heavy (non-hydrogen) atoms. The molecule has 0 amide bonds. The number of hydrogen-bond donors (Lipinski definition) is 0. The van der Waals surface area contributed by atoms with Gasteiger partial charge in [-0.1, -0.05) is 13.0 Å². The Morgan fingerprint density at radius 2 is 2.18 bits per heavy atom. The number of methoxy groups -OCH3 is 1. The molecule has 3 rings (SSSR count). The quantitative estimate of drug-likeness (QED) is 0.742. The lowest BCUT2D eigenvalue weighted by Gasteiger charge is -2.07. The van der Waals surface area contributed by atoms with Crippen molar-refractivity contribution in [2.45, 2.75) is 19.9 Å². The maximum absolute atomic E-state index is 13.7. The van der Waals surface area contributed by atoms with Crippen LogP contribution in [0.15, 0.2) is 35.4 Å². The normalized spacial score (nSPS) is 11.0. The van der Waals surface area contributed by atoms with Crippen LogP contribution in [0.1, 0.15) is 17.4 Å². The molecule has 0 saturated heterocycles. The Bertz CT molecular complexity index is 885. The summed E-state index contributed by atoms with van der Waals surface area (Å²) in [5.74, 6) is -0.249. The fraction of sp³-hybridized carbons (Fsp3) is 0.250. The summed E-state index contributed by atoms with van der Waals surface area (Å²) in [4.78, 5) is 18.7. The molecule has 0 aliphatic rings. The lowest BCUT2D eigenvalue weighted by atomic mass is 10.2. The lowest BCUT2D eigenvalue weighted by molar-refractivity contribution is 0.386. The highest BCUT2D eigenvalue weighted by Crippen LogP contribution is 2.22. The molecule has 0 atom stereocenters. The summed E-state index contributed by atoms with van der Waals surface area (Å²) >= 11 is 1.53. The third kappa shape index (κ3) is 2.62. The van der Waals surface area contributed by atoms with Gasteiger partial charge in [0.15, 0.2) is 11.6 Å². The number of thiophene rings is 1. The molecule has 1 aromatic carbocycles. The zero-order valence-electron chi connectivity index (χ0n) is 12.3. The van der Waals surface area contributed by atoms with E-state index < -0.39 is 5.82 Å². The van der Waals surface area contributed by atoms with E-state index in [-0.39, 0.29) is 17.9 Å². The van der Waals surface area contributed by atoms with E-state index in [4.69, 9.17) is 4.74 Å². The highest BCUT2D eigenvalue weighted by molar-refractivity contribution is 7.18. The van der Waals surface area contributed by atoms with Crippen LogP contribution in [-0.2, 0) is 13.0 Å². The average Bonchev–Trinajstić information content (AvgIpc) is 2.94. The number of benzene rings is 1. The van der Waals surface area contributed by atoms with E-state index in [2.05, 4.69) is 4.98 Å². The summed E-state index contributed by atoms with van der Waals surface area (Å²) in [6.07, 6.45) is 2.40. The first-order valence-electron chi connectivity index (χ1n) is 6.92. The Morgan fingerprint density at radius 3 is 2.86 bits per heavy atom. The van der Waals surface area contributed by atoms with Gasteiger partial charge >= 0.3 is 0 Å². The van der Waals surface area contributed by atoms with Gasteiger partial charge in [0.2, 0.25) is 0 Å². The molecule has 0 radical (unpaired) electrons. The Hall–Kier alpha value is -2.21. The number of aryl methyl sites for hydroxylation is 1. The van der Waals surface area contributed by atoms with Crippen molar-refractivity contribution in [3.63, 3.8) is 0 Å². The highest BCUT2D eigenvalue weighted by atomic mass is 32.1. The molecule has 0 saturated carbocycles. The van der Waals surface area contributed by atoms with Crippen molar-refractivity contribution in [2.75, 3.05) is 7.11 Å². The number of aromatic nitrogens is 2. The second-order valence-electron chi connectivity index (χ2n) is 4.93. The fourth-order valence-electron chi connectivity index (χ4n) is 2.30. The van der Waals surface area contributed by atoms with E-state index in [9.17, 15) is 9.18 Å². The molecule has 2 heterocycles. The van der Waals surface area contributed by atoms with Crippen molar-refractivity contribution >= 4 is 21.6 Å². The smallest absolute Gasteiger partial charge is 0.262 e. The van der Waals surface area contributed by atoms with Gasteiger partial charge in [0.25, 0.3) is 5.56 Å². The molecule has 0 aliphatic carbocycles. The Kier molecular flexibility index (Phi) is 3.94. The van der Waals surface area contributed by atoms with Gasteiger partial charge in [-0.05, 0) is 30.2 Å². The molecule has 6 heteroatoms. The molecule has 0 aliphatic heterocycles. The van der Waals surface area contributed by atoms with E-state index in [1.165, 1.54) is 35.4 Å². The average molecular weight is 318 g/mol. The lowest BCUT2D eigenvalue weighted by Crippen LogP contribution is -2.20. The first kappa shape index (κ1) is 14.7. The van der Waals surface area contributed by atoms with Crippen LogP contribution >= 0.6 is 11.3 Å². The first-order valence-corrected chi connectivity index (χ1v) is 7.74. The highest BCUT2D eigenvalue weighted by Gasteiger charge is 2.10. The van der Waals surface area contributed by atoms with Gasteiger partial charge in [0.1, 0.15) is 4.83 Å². The summed E-state index contributed by atoms with van der Waals surface area (Å²) in [5.41, 5.74) is 0.588. The zero-order chi connectivity index (χ0) is 15.7. The van der Waals surface area contributed by atoms with E-state index in [0.29, 0.717) is 10.9 Å². The standard InChI is InChI=1S/C16H15FN2O2S/c1-3-11-7-12-15(22-11)18-9-19(16(12)20)8-10-4-5-14(21-2)13(17)6-10/h4-7,9H,3,8H2,1-2H3. The number of fused-ring (bicyclic) bond motifs is 1. The van der Waals surface area contributed by atoms with Gasteiger partial charge in [-0.2, -0.15) is 0 Å². The second-order valence-corrected chi connectivity index (χ2v) is 6.05. The topological polar surface area (TPSA) is 44.1 Å². The Morgan fingerprint density at radius 1 is 1.36 bits per heavy atom. The fourth-order valence-corrected chi connectivity index (χ4v) is 3.23. The molecule has 0 N–H and O–H groups in total. The van der Waals surface area contributed by atoms with Crippen molar-refractivity contribution in [1.29, 1.82) is 0 Å². The van der Waals surface area contributed by atoms with Crippen LogP contribution in [0.5, 0.6) is 5.75 Å². The van der Waals surface area contributed by atoms with E-state index in [1.54, 1.807) is 12.1 Å². The van der Waals surface area contributed by atoms with E-state index in [1.807, 2.05) is 13.0 Å². The van der Waals surface area contributed by atoms with Crippen molar-refractivity contribution < 1.29 is 9.13 Å². The Balaban J connectivity index is 1.98. The monoisotopic (exact) mass is 318 g/mol. The third-order valence-electron chi connectivity index (χ3n) is 3.49. The van der Waals surface area contributed by atoms with Crippen molar-refractivity contribution in [3.8, 4) is 5.75 Å².